The Bertz CT molecular complexity index is 685. The first kappa shape index (κ1) is 16.7. The number of aryl methyl sites for hydroxylation is 2. The van der Waals surface area contributed by atoms with Crippen LogP contribution in [-0.4, -0.2) is 28.1 Å². The van der Waals surface area contributed by atoms with Gasteiger partial charge in [0.25, 0.3) is 0 Å². The van der Waals surface area contributed by atoms with Crippen LogP contribution in [0.15, 0.2) is 34.9 Å². The fourth-order valence-electron chi connectivity index (χ4n) is 3.23. The SMILES string of the molecule is Cc1ccc(-c2cnc(CCC(=O)NC3(CO)CCCC3)o2)cc1. The summed E-state index contributed by atoms with van der Waals surface area (Å²) in [5.41, 5.74) is 1.76. The second-order valence-corrected chi connectivity index (χ2v) is 6.68. The molecule has 0 radical (unpaired) electrons. The number of aliphatic hydroxyl groups is 1. The van der Waals surface area contributed by atoms with Gasteiger partial charge in [-0.2, -0.15) is 0 Å². The van der Waals surface area contributed by atoms with E-state index >= 15 is 0 Å². The zero-order valence-electron chi connectivity index (χ0n) is 14.0. The van der Waals surface area contributed by atoms with E-state index in [-0.39, 0.29) is 12.5 Å². The lowest BCUT2D eigenvalue weighted by atomic mass is 9.98. The first-order valence-electron chi connectivity index (χ1n) is 8.54. The van der Waals surface area contributed by atoms with E-state index in [1.165, 1.54) is 5.56 Å². The van der Waals surface area contributed by atoms with Crippen LogP contribution >= 0.6 is 0 Å². The summed E-state index contributed by atoms with van der Waals surface area (Å²) >= 11 is 0. The fourth-order valence-corrected chi connectivity index (χ4v) is 3.23. The maximum atomic E-state index is 12.2. The number of benzene rings is 1. The molecule has 3 rings (SSSR count). The summed E-state index contributed by atoms with van der Waals surface area (Å²) in [6.07, 6.45) is 6.29. The topological polar surface area (TPSA) is 75.4 Å². The number of nitrogens with one attached hydrogen (secondary N) is 1. The second-order valence-electron chi connectivity index (χ2n) is 6.68. The van der Waals surface area contributed by atoms with Crippen LogP contribution in [0.25, 0.3) is 11.3 Å². The third kappa shape index (κ3) is 3.85. The highest BCUT2D eigenvalue weighted by Crippen LogP contribution is 2.29. The normalized spacial score (nSPS) is 16.2. The van der Waals surface area contributed by atoms with E-state index in [0.717, 1.165) is 31.2 Å². The van der Waals surface area contributed by atoms with Gasteiger partial charge in [-0.1, -0.05) is 42.7 Å². The molecule has 1 aliphatic carbocycles. The molecule has 1 aromatic carbocycles. The standard InChI is InChI=1S/C19H24N2O3/c1-14-4-6-15(7-5-14)16-12-20-18(24-16)9-8-17(23)21-19(13-22)10-2-3-11-19/h4-7,12,22H,2-3,8-11,13H2,1H3,(H,21,23). The van der Waals surface area contributed by atoms with Crippen molar-refractivity contribution < 1.29 is 14.3 Å². The Morgan fingerprint density at radius 3 is 2.67 bits per heavy atom. The van der Waals surface area contributed by atoms with Gasteiger partial charge >= 0.3 is 0 Å². The molecular weight excluding hydrogens is 304 g/mol. The average molecular weight is 328 g/mol. The van der Waals surface area contributed by atoms with Crippen molar-refractivity contribution in [1.82, 2.24) is 10.3 Å². The van der Waals surface area contributed by atoms with Crippen LogP contribution in [-0.2, 0) is 11.2 Å². The summed E-state index contributed by atoms with van der Waals surface area (Å²) in [5.74, 6) is 1.22. The molecule has 5 heteroatoms. The van der Waals surface area contributed by atoms with Gasteiger partial charge in [0.2, 0.25) is 5.91 Å². The third-order valence-electron chi connectivity index (χ3n) is 4.72. The second kappa shape index (κ2) is 7.18. The predicted octanol–water partition coefficient (Wildman–Crippen LogP) is 3.00. The predicted molar refractivity (Wildman–Crippen MR) is 91.4 cm³/mol. The molecule has 0 bridgehead atoms. The van der Waals surface area contributed by atoms with Crippen molar-refractivity contribution in [2.45, 2.75) is 51.0 Å². The van der Waals surface area contributed by atoms with Gasteiger partial charge in [0, 0.05) is 18.4 Å². The number of hydrogen-bond donors (Lipinski definition) is 2. The molecule has 2 aromatic rings. The number of carbonyl (C=O) groups excluding carboxylic acids is 1. The van der Waals surface area contributed by atoms with E-state index in [1.54, 1.807) is 6.20 Å². The van der Waals surface area contributed by atoms with Crippen LogP contribution < -0.4 is 5.32 Å². The van der Waals surface area contributed by atoms with Crippen molar-refractivity contribution in [3.63, 3.8) is 0 Å². The Hall–Kier alpha value is -2.14. The number of nitrogens with zero attached hydrogens (tertiary/aromatic N) is 1. The first-order valence-corrected chi connectivity index (χ1v) is 8.54. The van der Waals surface area contributed by atoms with Crippen molar-refractivity contribution in [1.29, 1.82) is 0 Å². The van der Waals surface area contributed by atoms with Gasteiger partial charge in [0.05, 0.1) is 18.3 Å². The van der Waals surface area contributed by atoms with Gasteiger partial charge in [-0.3, -0.25) is 4.79 Å². The number of amides is 1. The Labute approximate surface area is 142 Å². The molecule has 1 aliphatic rings. The van der Waals surface area contributed by atoms with Crippen molar-refractivity contribution in [3.05, 3.63) is 41.9 Å². The molecule has 0 spiro atoms. The van der Waals surface area contributed by atoms with E-state index in [4.69, 9.17) is 4.42 Å². The smallest absolute Gasteiger partial charge is 0.221 e. The molecule has 0 unspecified atom stereocenters. The van der Waals surface area contributed by atoms with Crippen molar-refractivity contribution in [3.8, 4) is 11.3 Å². The van der Waals surface area contributed by atoms with E-state index < -0.39 is 5.54 Å². The molecule has 0 saturated heterocycles. The lowest BCUT2D eigenvalue weighted by Gasteiger charge is -2.27. The van der Waals surface area contributed by atoms with Crippen LogP contribution in [0.1, 0.15) is 43.6 Å². The summed E-state index contributed by atoms with van der Waals surface area (Å²) in [5, 5.41) is 12.6. The van der Waals surface area contributed by atoms with Crippen LogP contribution in [0, 0.1) is 6.92 Å². The van der Waals surface area contributed by atoms with Crippen LogP contribution in [0.2, 0.25) is 0 Å². The van der Waals surface area contributed by atoms with Crippen LogP contribution in [0.4, 0.5) is 0 Å². The number of hydrogen-bond acceptors (Lipinski definition) is 4. The van der Waals surface area contributed by atoms with Crippen molar-refractivity contribution >= 4 is 5.91 Å². The van der Waals surface area contributed by atoms with Gasteiger partial charge < -0.3 is 14.8 Å². The zero-order chi connectivity index (χ0) is 17.0. The number of oxazole rings is 1. The van der Waals surface area contributed by atoms with E-state index in [2.05, 4.69) is 10.3 Å². The molecule has 2 N–H and O–H groups in total. The summed E-state index contributed by atoms with van der Waals surface area (Å²) in [4.78, 5) is 16.4. The fraction of sp³-hybridized carbons (Fsp3) is 0.474. The zero-order valence-corrected chi connectivity index (χ0v) is 14.0. The molecule has 5 nitrogen and oxygen atoms in total. The molecule has 1 aromatic heterocycles. The molecule has 1 saturated carbocycles. The highest BCUT2D eigenvalue weighted by Gasteiger charge is 2.34. The van der Waals surface area contributed by atoms with E-state index in [9.17, 15) is 9.90 Å². The molecule has 0 atom stereocenters. The highest BCUT2D eigenvalue weighted by molar-refractivity contribution is 5.77. The lowest BCUT2D eigenvalue weighted by Crippen LogP contribution is -2.49. The molecule has 0 aliphatic heterocycles. The van der Waals surface area contributed by atoms with Crippen LogP contribution in [0.5, 0.6) is 0 Å². The number of aromatic nitrogens is 1. The van der Waals surface area contributed by atoms with Gasteiger partial charge in [0.15, 0.2) is 11.7 Å². The largest absolute Gasteiger partial charge is 0.441 e. The van der Waals surface area contributed by atoms with E-state index in [0.29, 0.717) is 24.5 Å². The van der Waals surface area contributed by atoms with Crippen molar-refractivity contribution in [2.75, 3.05) is 6.61 Å². The quantitative estimate of drug-likeness (QED) is 0.855. The number of carbonyl (C=O) groups is 1. The molecule has 1 amide bonds. The molecular formula is C19H24N2O3. The van der Waals surface area contributed by atoms with Gasteiger partial charge in [-0.05, 0) is 19.8 Å². The Balaban J connectivity index is 1.55. The van der Waals surface area contributed by atoms with Crippen molar-refractivity contribution in [2.24, 2.45) is 0 Å². The lowest BCUT2D eigenvalue weighted by molar-refractivity contribution is -0.123. The van der Waals surface area contributed by atoms with Crippen LogP contribution in [0.3, 0.4) is 0 Å². The minimum atomic E-state index is -0.416. The van der Waals surface area contributed by atoms with Gasteiger partial charge in [0.1, 0.15) is 0 Å². The molecule has 24 heavy (non-hydrogen) atoms. The van der Waals surface area contributed by atoms with Gasteiger partial charge in [-0.15, -0.1) is 0 Å². The summed E-state index contributed by atoms with van der Waals surface area (Å²) < 4.78 is 5.74. The van der Waals surface area contributed by atoms with E-state index in [1.807, 2.05) is 31.2 Å². The summed E-state index contributed by atoms with van der Waals surface area (Å²) in [7, 11) is 0. The number of aliphatic hydroxyl groups excluding tert-OH is 1. The minimum absolute atomic E-state index is 0.00924. The highest BCUT2D eigenvalue weighted by atomic mass is 16.4. The minimum Gasteiger partial charge on any atom is -0.441 e. The Morgan fingerprint density at radius 2 is 2.00 bits per heavy atom. The monoisotopic (exact) mass is 328 g/mol. The Kier molecular flexibility index (Phi) is 5.00. The maximum Gasteiger partial charge on any atom is 0.221 e. The third-order valence-corrected chi connectivity index (χ3v) is 4.72. The molecule has 128 valence electrons. The first-order chi connectivity index (χ1) is 11.6. The summed E-state index contributed by atoms with van der Waals surface area (Å²) in [6.45, 7) is 2.05. The Morgan fingerprint density at radius 1 is 1.29 bits per heavy atom. The molecule has 1 fully saturated rings. The number of rotatable bonds is 6. The van der Waals surface area contributed by atoms with Gasteiger partial charge in [-0.25, -0.2) is 4.98 Å². The molecule has 1 heterocycles. The summed E-state index contributed by atoms with van der Waals surface area (Å²) in [6, 6.07) is 8.05. The maximum absolute atomic E-state index is 12.2. The average Bonchev–Trinajstić information content (AvgIpc) is 3.24.